The van der Waals surface area contributed by atoms with E-state index >= 15 is 0 Å². The molecule has 0 saturated heterocycles. The van der Waals surface area contributed by atoms with Gasteiger partial charge in [-0.05, 0) is 42.3 Å². The van der Waals surface area contributed by atoms with Gasteiger partial charge in [0.05, 0.1) is 0 Å². The summed E-state index contributed by atoms with van der Waals surface area (Å²) < 4.78 is 1.11. The van der Waals surface area contributed by atoms with Gasteiger partial charge in [0.15, 0.2) is 0 Å². The van der Waals surface area contributed by atoms with E-state index in [0.717, 1.165) is 10.9 Å². The van der Waals surface area contributed by atoms with E-state index in [2.05, 4.69) is 65.3 Å². The SMILES string of the molecule is CCC(=Cc1ccc(-c2ccc(Br)cc2)s1)CCl. The highest BCUT2D eigenvalue weighted by molar-refractivity contribution is 9.10. The molecule has 0 atom stereocenters. The van der Waals surface area contributed by atoms with Crippen molar-refractivity contribution in [1.29, 1.82) is 0 Å². The highest BCUT2D eigenvalue weighted by Gasteiger charge is 2.02. The number of allylic oxidation sites excluding steroid dienone is 1. The number of halogens is 2. The van der Waals surface area contributed by atoms with Crippen molar-refractivity contribution in [2.75, 3.05) is 5.88 Å². The Labute approximate surface area is 125 Å². The Kier molecular flexibility index (Phi) is 5.04. The maximum atomic E-state index is 5.89. The Balaban J connectivity index is 2.25. The van der Waals surface area contributed by atoms with Crippen molar-refractivity contribution < 1.29 is 0 Å². The molecule has 94 valence electrons. The molecule has 1 aromatic carbocycles. The first kappa shape index (κ1) is 13.9. The van der Waals surface area contributed by atoms with Gasteiger partial charge >= 0.3 is 0 Å². The number of thiophene rings is 1. The van der Waals surface area contributed by atoms with Crippen molar-refractivity contribution in [3.05, 3.63) is 51.3 Å². The van der Waals surface area contributed by atoms with Crippen molar-refractivity contribution >= 4 is 44.9 Å². The van der Waals surface area contributed by atoms with Gasteiger partial charge in [-0.15, -0.1) is 22.9 Å². The fourth-order valence-corrected chi connectivity index (χ4v) is 3.17. The second-order valence-electron chi connectivity index (χ2n) is 4.00. The maximum absolute atomic E-state index is 5.89. The molecule has 0 saturated carbocycles. The lowest BCUT2D eigenvalue weighted by Crippen LogP contribution is -1.79. The summed E-state index contributed by atoms with van der Waals surface area (Å²) in [6.07, 6.45) is 3.20. The van der Waals surface area contributed by atoms with Gasteiger partial charge in [0, 0.05) is 20.1 Å². The number of rotatable bonds is 4. The third-order valence-corrected chi connectivity index (χ3v) is 4.68. The van der Waals surface area contributed by atoms with E-state index in [1.165, 1.54) is 20.9 Å². The Hall–Kier alpha value is -0.570. The van der Waals surface area contributed by atoms with Crippen molar-refractivity contribution in [3.63, 3.8) is 0 Å². The summed E-state index contributed by atoms with van der Waals surface area (Å²) in [5.74, 6) is 0.613. The molecule has 0 unspecified atom stereocenters. The van der Waals surface area contributed by atoms with Gasteiger partial charge in [0.1, 0.15) is 0 Å². The first-order chi connectivity index (χ1) is 8.72. The van der Waals surface area contributed by atoms with Gasteiger partial charge in [0.2, 0.25) is 0 Å². The fourth-order valence-electron chi connectivity index (χ4n) is 1.64. The lowest BCUT2D eigenvalue weighted by atomic mass is 10.2. The monoisotopic (exact) mass is 340 g/mol. The van der Waals surface area contributed by atoms with Crippen molar-refractivity contribution in [2.45, 2.75) is 13.3 Å². The highest BCUT2D eigenvalue weighted by atomic mass is 79.9. The second kappa shape index (κ2) is 6.55. The molecule has 1 heterocycles. The largest absolute Gasteiger partial charge is 0.136 e. The lowest BCUT2D eigenvalue weighted by molar-refractivity contribution is 1.12. The van der Waals surface area contributed by atoms with Crippen LogP contribution in [0.3, 0.4) is 0 Å². The Morgan fingerprint density at radius 3 is 2.56 bits per heavy atom. The van der Waals surface area contributed by atoms with Gasteiger partial charge in [-0.1, -0.05) is 40.6 Å². The standard InChI is InChI=1S/C15H14BrClS/c1-2-11(10-17)9-14-7-8-15(18-14)12-3-5-13(16)6-4-12/h3-9H,2,10H2,1H3. The van der Waals surface area contributed by atoms with Crippen LogP contribution in [-0.4, -0.2) is 5.88 Å². The van der Waals surface area contributed by atoms with Crippen LogP contribution in [0.5, 0.6) is 0 Å². The molecular formula is C15H14BrClS. The summed E-state index contributed by atoms with van der Waals surface area (Å²) in [5, 5.41) is 0. The van der Waals surface area contributed by atoms with Crippen LogP contribution in [0.1, 0.15) is 18.2 Å². The van der Waals surface area contributed by atoms with Crippen LogP contribution < -0.4 is 0 Å². The molecule has 3 heteroatoms. The van der Waals surface area contributed by atoms with Crippen LogP contribution >= 0.6 is 38.9 Å². The normalized spacial score (nSPS) is 11.8. The Morgan fingerprint density at radius 2 is 1.94 bits per heavy atom. The van der Waals surface area contributed by atoms with Crippen molar-refractivity contribution in [2.24, 2.45) is 0 Å². The average molecular weight is 342 g/mol. The van der Waals surface area contributed by atoms with E-state index in [0.29, 0.717) is 5.88 Å². The molecule has 1 aromatic heterocycles. The third-order valence-electron chi connectivity index (χ3n) is 2.73. The van der Waals surface area contributed by atoms with Gasteiger partial charge in [0.25, 0.3) is 0 Å². The summed E-state index contributed by atoms with van der Waals surface area (Å²) in [6, 6.07) is 12.7. The number of hydrogen-bond acceptors (Lipinski definition) is 1. The molecule has 0 amide bonds. The van der Waals surface area contributed by atoms with Crippen LogP contribution in [0.25, 0.3) is 16.5 Å². The van der Waals surface area contributed by atoms with Gasteiger partial charge in [-0.2, -0.15) is 0 Å². The molecule has 0 aliphatic rings. The van der Waals surface area contributed by atoms with E-state index in [1.54, 1.807) is 11.3 Å². The van der Waals surface area contributed by atoms with E-state index < -0.39 is 0 Å². The first-order valence-corrected chi connectivity index (χ1v) is 7.98. The topological polar surface area (TPSA) is 0 Å². The third kappa shape index (κ3) is 3.47. The minimum atomic E-state index is 0.613. The quantitative estimate of drug-likeness (QED) is 0.580. The molecular weight excluding hydrogens is 328 g/mol. The molecule has 0 bridgehead atoms. The average Bonchev–Trinajstić information content (AvgIpc) is 2.85. The second-order valence-corrected chi connectivity index (χ2v) is 6.30. The minimum Gasteiger partial charge on any atom is -0.136 e. The van der Waals surface area contributed by atoms with Crippen LogP contribution in [0.15, 0.2) is 46.4 Å². The van der Waals surface area contributed by atoms with Crippen molar-refractivity contribution in [1.82, 2.24) is 0 Å². The summed E-state index contributed by atoms with van der Waals surface area (Å²) in [5.41, 5.74) is 2.53. The molecule has 2 rings (SSSR count). The molecule has 0 aliphatic heterocycles. The molecule has 0 aliphatic carbocycles. The van der Waals surface area contributed by atoms with Gasteiger partial charge in [-0.25, -0.2) is 0 Å². The zero-order valence-corrected chi connectivity index (χ0v) is 13.3. The molecule has 0 nitrogen and oxygen atoms in total. The van der Waals surface area contributed by atoms with Gasteiger partial charge < -0.3 is 0 Å². The summed E-state index contributed by atoms with van der Waals surface area (Å²) in [7, 11) is 0. The Bertz CT molecular complexity index is 534. The van der Waals surface area contributed by atoms with E-state index in [4.69, 9.17) is 11.6 Å². The predicted molar refractivity (Wildman–Crippen MR) is 86.4 cm³/mol. The smallest absolute Gasteiger partial charge is 0.0437 e. The van der Waals surface area contributed by atoms with Crippen molar-refractivity contribution in [3.8, 4) is 10.4 Å². The summed E-state index contributed by atoms with van der Waals surface area (Å²) in [6.45, 7) is 2.14. The molecule has 0 radical (unpaired) electrons. The van der Waals surface area contributed by atoms with Gasteiger partial charge in [-0.3, -0.25) is 0 Å². The summed E-state index contributed by atoms with van der Waals surface area (Å²) in [4.78, 5) is 2.56. The molecule has 2 aromatic rings. The number of benzene rings is 1. The number of alkyl halides is 1. The van der Waals surface area contributed by atoms with Crippen LogP contribution in [0, 0.1) is 0 Å². The zero-order chi connectivity index (χ0) is 13.0. The van der Waals surface area contributed by atoms with E-state index in [9.17, 15) is 0 Å². The fraction of sp³-hybridized carbons (Fsp3) is 0.200. The summed E-state index contributed by atoms with van der Waals surface area (Å²) >= 11 is 11.1. The van der Waals surface area contributed by atoms with E-state index in [1.807, 2.05) is 0 Å². The van der Waals surface area contributed by atoms with E-state index in [-0.39, 0.29) is 0 Å². The number of hydrogen-bond donors (Lipinski definition) is 0. The zero-order valence-electron chi connectivity index (χ0n) is 10.1. The minimum absolute atomic E-state index is 0.613. The van der Waals surface area contributed by atoms with Crippen LogP contribution in [0.4, 0.5) is 0 Å². The van der Waals surface area contributed by atoms with Crippen LogP contribution in [-0.2, 0) is 0 Å². The van der Waals surface area contributed by atoms with Crippen LogP contribution in [0.2, 0.25) is 0 Å². The predicted octanol–water partition coefficient (Wildman–Crippen LogP) is 6.21. The highest BCUT2D eigenvalue weighted by Crippen LogP contribution is 2.30. The lowest BCUT2D eigenvalue weighted by Gasteiger charge is -1.98. The molecule has 0 fully saturated rings. The molecule has 0 N–H and O–H groups in total. The Morgan fingerprint density at radius 1 is 1.22 bits per heavy atom. The maximum Gasteiger partial charge on any atom is 0.0437 e. The molecule has 18 heavy (non-hydrogen) atoms. The molecule has 0 spiro atoms. The first-order valence-electron chi connectivity index (χ1n) is 5.84.